The van der Waals surface area contributed by atoms with Crippen molar-refractivity contribution in [3.05, 3.63) is 96.7 Å². The molecule has 1 aliphatic rings. The first-order valence-electron chi connectivity index (χ1n) is 11.6. The fourth-order valence-electron chi connectivity index (χ4n) is 4.61. The van der Waals surface area contributed by atoms with Crippen molar-refractivity contribution in [1.29, 1.82) is 0 Å². The lowest BCUT2D eigenvalue weighted by molar-refractivity contribution is 0.313. The highest BCUT2D eigenvalue weighted by molar-refractivity contribution is 14.1. The van der Waals surface area contributed by atoms with Gasteiger partial charge in [-0.3, -0.25) is 9.36 Å². The molecular formula is C27H27IN4O3. The summed E-state index contributed by atoms with van der Waals surface area (Å²) < 4.78 is 9.28. The number of fused-ring (bicyclic) bond motifs is 1. The Morgan fingerprint density at radius 3 is 2.26 bits per heavy atom. The molecule has 0 unspecified atom stereocenters. The molecule has 1 fully saturated rings. The third kappa shape index (κ3) is 4.60. The average Bonchev–Trinajstić information content (AvgIpc) is 2.87. The first kappa shape index (κ1) is 23.6. The van der Waals surface area contributed by atoms with E-state index >= 15 is 0 Å². The molecule has 8 heteroatoms. The normalized spacial score (nSPS) is 14.4. The fourth-order valence-corrected chi connectivity index (χ4v) is 5.20. The number of halogens is 1. The summed E-state index contributed by atoms with van der Waals surface area (Å²) >= 11 is 2.28. The van der Waals surface area contributed by atoms with Gasteiger partial charge < -0.3 is 14.5 Å². The van der Waals surface area contributed by atoms with Crippen LogP contribution in [0.15, 0.2) is 76.3 Å². The van der Waals surface area contributed by atoms with Crippen LogP contribution in [0.2, 0.25) is 0 Å². The van der Waals surface area contributed by atoms with Crippen LogP contribution in [0.5, 0.6) is 5.75 Å². The first-order chi connectivity index (χ1) is 17.0. The zero-order chi connectivity index (χ0) is 24.5. The maximum absolute atomic E-state index is 14.0. The predicted molar refractivity (Wildman–Crippen MR) is 148 cm³/mol. The van der Waals surface area contributed by atoms with E-state index in [1.54, 1.807) is 35.9 Å². The lowest BCUT2D eigenvalue weighted by atomic mass is 10.1. The SMILES string of the molecule is COc1ccc(-n2c(=O)c3c(N4CCN(C)CC4)cc(I)cc3n(Cc3ccccc3)c2=O)cc1. The van der Waals surface area contributed by atoms with Crippen LogP contribution in [0.25, 0.3) is 16.6 Å². The second-order valence-corrected chi connectivity index (χ2v) is 10.0. The van der Waals surface area contributed by atoms with E-state index < -0.39 is 0 Å². The molecule has 1 aliphatic heterocycles. The molecule has 1 aromatic heterocycles. The summed E-state index contributed by atoms with van der Waals surface area (Å²) in [5.41, 5.74) is 2.40. The highest BCUT2D eigenvalue weighted by Gasteiger charge is 2.23. The molecule has 35 heavy (non-hydrogen) atoms. The smallest absolute Gasteiger partial charge is 0.336 e. The zero-order valence-electron chi connectivity index (χ0n) is 19.8. The van der Waals surface area contributed by atoms with Gasteiger partial charge in [0, 0.05) is 29.7 Å². The lowest BCUT2D eigenvalue weighted by Crippen LogP contribution is -2.45. The summed E-state index contributed by atoms with van der Waals surface area (Å²) in [7, 11) is 3.70. The summed E-state index contributed by atoms with van der Waals surface area (Å²) in [6.45, 7) is 3.86. The molecule has 2 heterocycles. The van der Waals surface area contributed by atoms with E-state index in [1.807, 2.05) is 36.4 Å². The van der Waals surface area contributed by atoms with Crippen molar-refractivity contribution in [2.24, 2.45) is 0 Å². The maximum Gasteiger partial charge on any atom is 0.336 e. The Bertz CT molecular complexity index is 1470. The highest BCUT2D eigenvalue weighted by atomic mass is 127. The third-order valence-electron chi connectivity index (χ3n) is 6.55. The number of methoxy groups -OCH3 is 1. The molecule has 4 aromatic rings. The van der Waals surface area contributed by atoms with Crippen molar-refractivity contribution in [1.82, 2.24) is 14.0 Å². The number of rotatable bonds is 5. The Kier molecular flexibility index (Phi) is 6.66. The monoisotopic (exact) mass is 582 g/mol. The van der Waals surface area contributed by atoms with E-state index in [-0.39, 0.29) is 11.2 Å². The Morgan fingerprint density at radius 2 is 1.60 bits per heavy atom. The molecule has 180 valence electrons. The van der Waals surface area contributed by atoms with Gasteiger partial charge in [-0.05, 0) is 71.6 Å². The van der Waals surface area contributed by atoms with Crippen LogP contribution in [0, 0.1) is 3.57 Å². The van der Waals surface area contributed by atoms with Crippen molar-refractivity contribution >= 4 is 39.2 Å². The van der Waals surface area contributed by atoms with Crippen LogP contribution >= 0.6 is 22.6 Å². The average molecular weight is 582 g/mol. The van der Waals surface area contributed by atoms with Crippen LogP contribution in [0.4, 0.5) is 5.69 Å². The molecule has 0 atom stereocenters. The molecule has 0 bridgehead atoms. The second kappa shape index (κ2) is 9.87. The Balaban J connectivity index is 1.81. The summed E-state index contributed by atoms with van der Waals surface area (Å²) in [4.78, 5) is 32.5. The standard InChI is InChI=1S/C27H27IN4O3/c1-29-12-14-30(15-13-29)23-16-20(28)17-24-25(23)26(33)32(21-8-10-22(35-2)11-9-21)27(34)31(24)18-19-6-4-3-5-7-19/h3-11,16-17H,12-15,18H2,1-2H3. The van der Waals surface area contributed by atoms with Gasteiger partial charge in [-0.15, -0.1) is 0 Å². The quantitative estimate of drug-likeness (QED) is 0.337. The van der Waals surface area contributed by atoms with Crippen molar-refractivity contribution in [2.75, 3.05) is 45.2 Å². The topological polar surface area (TPSA) is 59.7 Å². The van der Waals surface area contributed by atoms with Crippen LogP contribution < -0.4 is 20.9 Å². The van der Waals surface area contributed by atoms with Gasteiger partial charge in [0.25, 0.3) is 5.56 Å². The number of anilines is 1. The molecule has 0 radical (unpaired) electrons. The number of benzene rings is 3. The van der Waals surface area contributed by atoms with Crippen LogP contribution in [0.3, 0.4) is 0 Å². The van der Waals surface area contributed by atoms with Crippen LogP contribution in [-0.2, 0) is 6.54 Å². The van der Waals surface area contributed by atoms with Crippen LogP contribution in [0.1, 0.15) is 5.56 Å². The molecule has 0 saturated carbocycles. The number of likely N-dealkylation sites (N-methyl/N-ethyl adjacent to an activating group) is 1. The summed E-state index contributed by atoms with van der Waals surface area (Å²) in [6, 6.07) is 20.9. The fraction of sp³-hybridized carbons (Fsp3) is 0.259. The zero-order valence-corrected chi connectivity index (χ0v) is 21.9. The highest BCUT2D eigenvalue weighted by Crippen LogP contribution is 2.28. The van der Waals surface area contributed by atoms with Gasteiger partial charge in [0.2, 0.25) is 0 Å². The Labute approximate surface area is 217 Å². The van der Waals surface area contributed by atoms with Crippen molar-refractivity contribution in [2.45, 2.75) is 6.54 Å². The van der Waals surface area contributed by atoms with E-state index in [1.165, 1.54) is 4.57 Å². The molecule has 0 spiro atoms. The summed E-state index contributed by atoms with van der Waals surface area (Å²) in [5, 5.41) is 0.571. The minimum Gasteiger partial charge on any atom is -0.497 e. The first-order valence-corrected chi connectivity index (χ1v) is 12.6. The number of hydrogen-bond acceptors (Lipinski definition) is 5. The van der Waals surface area contributed by atoms with E-state index in [0.717, 1.165) is 41.0 Å². The third-order valence-corrected chi connectivity index (χ3v) is 7.17. The van der Waals surface area contributed by atoms with Gasteiger partial charge in [0.05, 0.1) is 35.9 Å². The second-order valence-electron chi connectivity index (χ2n) is 8.80. The van der Waals surface area contributed by atoms with Crippen LogP contribution in [-0.4, -0.2) is 54.4 Å². The molecule has 0 amide bonds. The van der Waals surface area contributed by atoms with E-state index in [2.05, 4.69) is 45.5 Å². The molecule has 1 saturated heterocycles. The summed E-state index contributed by atoms with van der Waals surface area (Å²) in [5.74, 6) is 0.667. The summed E-state index contributed by atoms with van der Waals surface area (Å²) in [6.07, 6.45) is 0. The van der Waals surface area contributed by atoms with Gasteiger partial charge in [-0.2, -0.15) is 0 Å². The van der Waals surface area contributed by atoms with Gasteiger partial charge in [0.1, 0.15) is 5.75 Å². The lowest BCUT2D eigenvalue weighted by Gasteiger charge is -2.34. The number of aromatic nitrogens is 2. The van der Waals surface area contributed by atoms with Gasteiger partial charge >= 0.3 is 5.69 Å². The minimum atomic E-state index is -0.358. The van der Waals surface area contributed by atoms with Crippen molar-refractivity contribution in [3.63, 3.8) is 0 Å². The van der Waals surface area contributed by atoms with E-state index in [9.17, 15) is 9.59 Å². The van der Waals surface area contributed by atoms with Crippen molar-refractivity contribution in [3.8, 4) is 11.4 Å². The maximum atomic E-state index is 14.0. The van der Waals surface area contributed by atoms with Gasteiger partial charge in [0.15, 0.2) is 0 Å². The minimum absolute atomic E-state index is 0.301. The molecule has 3 aromatic carbocycles. The number of piperazine rings is 1. The number of hydrogen-bond donors (Lipinski definition) is 0. The molecule has 5 rings (SSSR count). The van der Waals surface area contributed by atoms with Crippen molar-refractivity contribution < 1.29 is 4.74 Å². The molecule has 0 aliphatic carbocycles. The molecule has 7 nitrogen and oxygen atoms in total. The van der Waals surface area contributed by atoms with E-state index in [0.29, 0.717) is 28.9 Å². The van der Waals surface area contributed by atoms with E-state index in [4.69, 9.17) is 4.74 Å². The van der Waals surface area contributed by atoms with Gasteiger partial charge in [-0.25, -0.2) is 9.36 Å². The Morgan fingerprint density at radius 1 is 0.914 bits per heavy atom. The van der Waals surface area contributed by atoms with Gasteiger partial charge in [-0.1, -0.05) is 30.3 Å². The number of ether oxygens (including phenoxy) is 1. The molecule has 0 N–H and O–H groups in total. The predicted octanol–water partition coefficient (Wildman–Crippen LogP) is 3.57. The molecular weight excluding hydrogens is 555 g/mol. The largest absolute Gasteiger partial charge is 0.497 e. The Hall–Kier alpha value is -3.11. The number of nitrogens with zero attached hydrogens (tertiary/aromatic N) is 4.